The Labute approximate surface area is 91.4 Å². The van der Waals surface area contributed by atoms with E-state index < -0.39 is 6.67 Å². The summed E-state index contributed by atoms with van der Waals surface area (Å²) >= 11 is 3.35. The van der Waals surface area contributed by atoms with Gasteiger partial charge in [0.25, 0.3) is 0 Å². The molecule has 0 aliphatic rings. The van der Waals surface area contributed by atoms with Crippen molar-refractivity contribution in [2.45, 2.75) is 26.5 Å². The number of halogens is 2. The van der Waals surface area contributed by atoms with Gasteiger partial charge in [-0.3, -0.25) is 4.68 Å². The molecule has 0 aromatic carbocycles. The fraction of sp³-hybridized carbons (Fsp3) is 0.667. The molecule has 0 amide bonds. The second kappa shape index (κ2) is 6.14. The average Bonchev–Trinajstić information content (AvgIpc) is 2.48. The molecule has 0 unspecified atom stereocenters. The molecule has 0 radical (unpaired) electrons. The average molecular weight is 265 g/mol. The van der Waals surface area contributed by atoms with Gasteiger partial charge in [0, 0.05) is 12.8 Å². The molecule has 0 fully saturated rings. The normalized spacial score (nSPS) is 10.8. The summed E-state index contributed by atoms with van der Waals surface area (Å²) in [6.45, 7) is 3.16. The van der Waals surface area contributed by atoms with Crippen molar-refractivity contribution in [3.8, 4) is 0 Å². The predicted molar refractivity (Wildman–Crippen MR) is 55.8 cm³/mol. The van der Waals surface area contributed by atoms with E-state index in [0.717, 1.165) is 23.2 Å². The standard InChI is InChI=1S/C9H14BrFN2O/c1-2-5-14-7-9-8(10)6-13(12-9)4-3-11/h6H,2-5,7H2,1H3. The van der Waals surface area contributed by atoms with E-state index in [1.54, 1.807) is 10.9 Å². The number of nitrogens with zero attached hydrogens (tertiary/aromatic N) is 2. The second-order valence-corrected chi connectivity index (χ2v) is 3.78. The maximum absolute atomic E-state index is 12.0. The van der Waals surface area contributed by atoms with Crippen LogP contribution in [0.25, 0.3) is 0 Å². The lowest BCUT2D eigenvalue weighted by atomic mass is 10.4. The van der Waals surface area contributed by atoms with Crippen LogP contribution in [0.1, 0.15) is 19.0 Å². The molecule has 0 aliphatic heterocycles. The van der Waals surface area contributed by atoms with Gasteiger partial charge in [-0.05, 0) is 22.4 Å². The van der Waals surface area contributed by atoms with Gasteiger partial charge in [-0.15, -0.1) is 0 Å². The molecule has 0 saturated carbocycles. The van der Waals surface area contributed by atoms with Crippen molar-refractivity contribution in [3.63, 3.8) is 0 Å². The van der Waals surface area contributed by atoms with Crippen molar-refractivity contribution >= 4 is 15.9 Å². The monoisotopic (exact) mass is 264 g/mol. The van der Waals surface area contributed by atoms with E-state index in [1.807, 2.05) is 0 Å². The van der Waals surface area contributed by atoms with E-state index in [-0.39, 0.29) is 0 Å². The number of rotatable bonds is 6. The first kappa shape index (κ1) is 11.7. The lowest BCUT2D eigenvalue weighted by Crippen LogP contribution is -2.02. The number of aromatic nitrogens is 2. The van der Waals surface area contributed by atoms with E-state index >= 15 is 0 Å². The first-order valence-corrected chi connectivity index (χ1v) is 5.42. The van der Waals surface area contributed by atoms with Crippen LogP contribution in [-0.4, -0.2) is 23.1 Å². The van der Waals surface area contributed by atoms with Crippen molar-refractivity contribution < 1.29 is 9.13 Å². The zero-order chi connectivity index (χ0) is 10.4. The molecule has 5 heteroatoms. The van der Waals surface area contributed by atoms with Crippen LogP contribution >= 0.6 is 15.9 Å². The number of ether oxygens (including phenoxy) is 1. The molecule has 0 spiro atoms. The van der Waals surface area contributed by atoms with Crippen molar-refractivity contribution in [1.82, 2.24) is 9.78 Å². The van der Waals surface area contributed by atoms with Crippen LogP contribution in [0.3, 0.4) is 0 Å². The highest BCUT2D eigenvalue weighted by molar-refractivity contribution is 9.10. The Morgan fingerprint density at radius 3 is 3.07 bits per heavy atom. The Morgan fingerprint density at radius 2 is 2.43 bits per heavy atom. The summed E-state index contributed by atoms with van der Waals surface area (Å²) in [5.41, 5.74) is 0.826. The van der Waals surface area contributed by atoms with Gasteiger partial charge in [0.1, 0.15) is 12.4 Å². The van der Waals surface area contributed by atoms with Crippen LogP contribution in [0.2, 0.25) is 0 Å². The summed E-state index contributed by atoms with van der Waals surface area (Å²) in [6.07, 6.45) is 2.76. The molecule has 0 aliphatic carbocycles. The minimum atomic E-state index is -0.399. The molecule has 14 heavy (non-hydrogen) atoms. The number of alkyl halides is 1. The highest BCUT2D eigenvalue weighted by Gasteiger charge is 2.05. The highest BCUT2D eigenvalue weighted by Crippen LogP contribution is 2.15. The molecule has 3 nitrogen and oxygen atoms in total. The smallest absolute Gasteiger partial charge is 0.109 e. The summed E-state index contributed by atoms with van der Waals surface area (Å²) in [5.74, 6) is 0. The summed E-state index contributed by atoms with van der Waals surface area (Å²) in [4.78, 5) is 0. The molecular formula is C9H14BrFN2O. The van der Waals surface area contributed by atoms with Gasteiger partial charge in [0.05, 0.1) is 17.6 Å². The SMILES string of the molecule is CCCOCc1nn(CCF)cc1Br. The molecule has 0 N–H and O–H groups in total. The Bertz CT molecular complexity index is 278. The van der Waals surface area contributed by atoms with E-state index in [9.17, 15) is 4.39 Å². The van der Waals surface area contributed by atoms with Crippen LogP contribution in [0, 0.1) is 0 Å². The van der Waals surface area contributed by atoms with E-state index in [0.29, 0.717) is 13.2 Å². The Balaban J connectivity index is 2.49. The van der Waals surface area contributed by atoms with Crippen LogP contribution in [0.4, 0.5) is 4.39 Å². The van der Waals surface area contributed by atoms with Crippen LogP contribution in [-0.2, 0) is 17.9 Å². The maximum atomic E-state index is 12.0. The van der Waals surface area contributed by atoms with E-state index in [1.165, 1.54) is 0 Å². The lowest BCUT2D eigenvalue weighted by molar-refractivity contribution is 0.118. The van der Waals surface area contributed by atoms with Crippen molar-refractivity contribution in [2.75, 3.05) is 13.3 Å². The third-order valence-corrected chi connectivity index (χ3v) is 2.35. The number of hydrogen-bond acceptors (Lipinski definition) is 2. The minimum Gasteiger partial charge on any atom is -0.375 e. The van der Waals surface area contributed by atoms with Crippen LogP contribution < -0.4 is 0 Å². The summed E-state index contributed by atoms with van der Waals surface area (Å²) in [6, 6.07) is 0. The molecule has 1 aromatic rings. The zero-order valence-electron chi connectivity index (χ0n) is 8.17. The third-order valence-electron chi connectivity index (χ3n) is 1.69. The zero-order valence-corrected chi connectivity index (χ0v) is 9.76. The fourth-order valence-electron chi connectivity index (χ4n) is 1.05. The summed E-state index contributed by atoms with van der Waals surface area (Å²) < 4.78 is 19.8. The van der Waals surface area contributed by atoms with Gasteiger partial charge in [-0.2, -0.15) is 5.10 Å². The van der Waals surface area contributed by atoms with Crippen LogP contribution in [0.15, 0.2) is 10.7 Å². The van der Waals surface area contributed by atoms with Crippen molar-refractivity contribution in [3.05, 3.63) is 16.4 Å². The first-order chi connectivity index (χ1) is 6.77. The highest BCUT2D eigenvalue weighted by atomic mass is 79.9. The van der Waals surface area contributed by atoms with Crippen molar-refractivity contribution in [1.29, 1.82) is 0 Å². The quantitative estimate of drug-likeness (QED) is 0.739. The van der Waals surface area contributed by atoms with Gasteiger partial charge in [-0.1, -0.05) is 6.92 Å². The van der Waals surface area contributed by atoms with Gasteiger partial charge in [0.15, 0.2) is 0 Å². The molecular weight excluding hydrogens is 251 g/mol. The molecule has 1 heterocycles. The van der Waals surface area contributed by atoms with Crippen molar-refractivity contribution in [2.24, 2.45) is 0 Å². The lowest BCUT2D eigenvalue weighted by Gasteiger charge is -1.99. The first-order valence-electron chi connectivity index (χ1n) is 4.63. The van der Waals surface area contributed by atoms with E-state index in [2.05, 4.69) is 28.0 Å². The van der Waals surface area contributed by atoms with Crippen LogP contribution in [0.5, 0.6) is 0 Å². The second-order valence-electron chi connectivity index (χ2n) is 2.93. The molecule has 0 bridgehead atoms. The summed E-state index contributed by atoms with van der Waals surface area (Å²) in [5, 5.41) is 4.18. The third kappa shape index (κ3) is 3.38. The molecule has 0 saturated heterocycles. The molecule has 0 atom stereocenters. The molecule has 80 valence electrons. The van der Waals surface area contributed by atoms with Gasteiger partial charge in [-0.25, -0.2) is 4.39 Å². The maximum Gasteiger partial charge on any atom is 0.109 e. The van der Waals surface area contributed by atoms with Gasteiger partial charge >= 0.3 is 0 Å². The number of hydrogen-bond donors (Lipinski definition) is 0. The predicted octanol–water partition coefficient (Wildman–Crippen LogP) is 2.54. The largest absolute Gasteiger partial charge is 0.375 e. The Morgan fingerprint density at radius 1 is 1.64 bits per heavy atom. The molecule has 1 aromatic heterocycles. The molecule has 1 rings (SSSR count). The summed E-state index contributed by atoms with van der Waals surface area (Å²) in [7, 11) is 0. The topological polar surface area (TPSA) is 27.1 Å². The minimum absolute atomic E-state index is 0.298. The van der Waals surface area contributed by atoms with Gasteiger partial charge in [0.2, 0.25) is 0 Å². The Kier molecular flexibility index (Phi) is 5.11. The van der Waals surface area contributed by atoms with Gasteiger partial charge < -0.3 is 4.74 Å². The Hall–Kier alpha value is -0.420. The fourth-order valence-corrected chi connectivity index (χ4v) is 1.48. The van der Waals surface area contributed by atoms with E-state index in [4.69, 9.17) is 4.74 Å². The number of aryl methyl sites for hydroxylation is 1.